The Kier molecular flexibility index (Phi) is 109. The predicted octanol–water partition coefficient (Wildman–Crippen LogP) is -7.33. The molecule has 0 atom stereocenters. The minimum absolute atomic E-state index is 1.00. The Morgan fingerprint density at radius 1 is 0.333 bits per heavy atom. The summed E-state index contributed by atoms with van der Waals surface area (Å²) >= 11 is 0. The van der Waals surface area contributed by atoms with Crippen LogP contribution in [0.5, 0.6) is 0 Å². The molecule has 15 heteroatoms. The van der Waals surface area contributed by atoms with Crippen LogP contribution in [0.4, 0.5) is 0 Å². The largest absolute Gasteiger partial charge is 0.631 e. The first-order valence-corrected chi connectivity index (χ1v) is 3.67. The predicted molar refractivity (Wildman–Crippen MR) is 61.7 cm³/mol. The average molecular weight is 282 g/mol. The minimum Gasteiger partial charge on any atom is -0.402 e. The second-order valence-corrected chi connectivity index (χ2v) is 1.04. The van der Waals surface area contributed by atoms with E-state index in [0.29, 0.717) is 0 Å². The molecule has 12 nitrogen and oxygen atoms in total. The van der Waals surface area contributed by atoms with Crippen molar-refractivity contribution in [1.29, 1.82) is 0 Å². The van der Waals surface area contributed by atoms with Crippen molar-refractivity contribution in [3.05, 3.63) is 0 Å². The number of rotatable bonds is 0. The second kappa shape index (κ2) is 54.4. The zero-order valence-electron chi connectivity index (χ0n) is 10.1. The molecular weight excluding hydrogens is 260 g/mol. The fourth-order valence-electron chi connectivity index (χ4n) is 0. The molecule has 0 aliphatic rings. The maximum absolute atomic E-state index is 7.17. The zero-order valence-corrected chi connectivity index (χ0v) is 10.1. The third kappa shape index (κ3) is 41800. The van der Waals surface area contributed by atoms with E-state index in [0.717, 1.165) is 21.3 Å². The highest BCUT2D eigenvalue weighted by molar-refractivity contribution is 6.31. The van der Waals surface area contributed by atoms with Crippen LogP contribution in [0.2, 0.25) is 0 Å². The van der Waals surface area contributed by atoms with Gasteiger partial charge in [-0.3, -0.25) is 0 Å². The van der Waals surface area contributed by atoms with Gasteiger partial charge in [0.15, 0.2) is 0 Å². The summed E-state index contributed by atoms with van der Waals surface area (Å²) in [6, 6.07) is 0. The van der Waals surface area contributed by atoms with Gasteiger partial charge in [-0.25, -0.2) is 0 Å². The summed E-state index contributed by atoms with van der Waals surface area (Å²) in [5, 5.41) is 85.5. The van der Waals surface area contributed by atoms with E-state index in [1.807, 2.05) is 0 Å². The van der Waals surface area contributed by atoms with Crippen molar-refractivity contribution < 1.29 is 60.5 Å². The van der Waals surface area contributed by atoms with Crippen molar-refractivity contribution in [2.75, 3.05) is 21.3 Å². The van der Waals surface area contributed by atoms with Gasteiger partial charge in [0.25, 0.3) is 0 Å². The molecule has 0 aliphatic carbocycles. The molecule has 12 N–H and O–H groups in total. The molecule has 18 heavy (non-hydrogen) atoms. The summed E-state index contributed by atoms with van der Waals surface area (Å²) in [6.07, 6.45) is 0. The van der Waals surface area contributed by atoms with E-state index < -0.39 is 22.0 Å². The summed E-state index contributed by atoms with van der Waals surface area (Å²) in [5.41, 5.74) is 0. The molecule has 0 saturated heterocycles. The summed E-state index contributed by atoms with van der Waals surface area (Å²) < 4.78 is 0. The molecule has 0 radical (unpaired) electrons. The van der Waals surface area contributed by atoms with Crippen LogP contribution in [0.3, 0.4) is 0 Å². The Hall–Kier alpha value is -0.285. The van der Waals surface area contributed by atoms with Gasteiger partial charge in [0.05, 0.1) is 0 Å². The lowest BCUT2D eigenvalue weighted by Gasteiger charge is -1.69. The molecule has 0 heterocycles. The Morgan fingerprint density at radius 3 is 0.333 bits per heavy atom. The van der Waals surface area contributed by atoms with Gasteiger partial charge in [0.1, 0.15) is 0 Å². The first-order chi connectivity index (χ1) is 8.20. The lowest BCUT2D eigenvalue weighted by atomic mass is 10.3. The van der Waals surface area contributed by atoms with Gasteiger partial charge in [-0.05, 0) is 0 Å². The van der Waals surface area contributed by atoms with Crippen molar-refractivity contribution in [2.45, 2.75) is 0 Å². The highest BCUT2D eigenvalue weighted by atomic mass is 16.5. The highest BCUT2D eigenvalue weighted by Gasteiger charge is 1.93. The number of aliphatic hydroxyl groups is 3. The Labute approximate surface area is 105 Å². The van der Waals surface area contributed by atoms with Crippen molar-refractivity contribution in [3.63, 3.8) is 0 Å². The van der Waals surface area contributed by atoms with Crippen LogP contribution < -0.4 is 0 Å². The number of hydrogen-bond donors (Lipinski definition) is 12. The molecule has 0 aromatic carbocycles. The SMILES string of the molecule is CO.CO.CO.OB(O)O.OB(O)O.OB(O)O. The monoisotopic (exact) mass is 282 g/mol. The Bertz CT molecular complexity index is 51.1. The van der Waals surface area contributed by atoms with Gasteiger partial charge in [-0.1, -0.05) is 0 Å². The van der Waals surface area contributed by atoms with E-state index in [-0.39, 0.29) is 0 Å². The summed E-state index contributed by atoms with van der Waals surface area (Å²) in [5.74, 6) is 0. The van der Waals surface area contributed by atoms with Gasteiger partial charge in [-0.2, -0.15) is 0 Å². The first kappa shape index (κ1) is 36.1. The van der Waals surface area contributed by atoms with Crippen molar-refractivity contribution >= 4 is 22.0 Å². The maximum atomic E-state index is 7.17. The van der Waals surface area contributed by atoms with Crippen LogP contribution in [0.1, 0.15) is 0 Å². The second-order valence-electron chi connectivity index (χ2n) is 1.04. The van der Waals surface area contributed by atoms with Gasteiger partial charge >= 0.3 is 22.0 Å². The van der Waals surface area contributed by atoms with E-state index in [4.69, 9.17) is 60.5 Å². The maximum Gasteiger partial charge on any atom is 0.631 e. The van der Waals surface area contributed by atoms with E-state index >= 15 is 0 Å². The third-order valence-corrected chi connectivity index (χ3v) is 0. The molecule has 0 amide bonds. The van der Waals surface area contributed by atoms with Crippen LogP contribution in [-0.4, -0.2) is 104 Å². The molecule has 0 fully saturated rings. The average Bonchev–Trinajstić information content (AvgIpc) is 2.23. The zero-order chi connectivity index (χ0) is 16.7. The van der Waals surface area contributed by atoms with E-state index in [1.165, 1.54) is 0 Å². The van der Waals surface area contributed by atoms with Gasteiger partial charge in [0, 0.05) is 21.3 Å². The number of aliphatic hydroxyl groups excluding tert-OH is 3. The molecule has 0 bridgehead atoms. The van der Waals surface area contributed by atoms with Crippen molar-refractivity contribution in [2.24, 2.45) is 0 Å². The van der Waals surface area contributed by atoms with Crippen LogP contribution in [-0.2, 0) is 0 Å². The van der Waals surface area contributed by atoms with Crippen LogP contribution >= 0.6 is 0 Å². The molecule has 0 aromatic rings. The van der Waals surface area contributed by atoms with E-state index in [2.05, 4.69) is 0 Å². The van der Waals surface area contributed by atoms with Crippen LogP contribution in [0, 0.1) is 0 Å². The molecule has 0 aliphatic heterocycles. The Morgan fingerprint density at radius 2 is 0.333 bits per heavy atom. The molecular formula is C3H21B3O12. The number of hydrogen-bond acceptors (Lipinski definition) is 12. The summed E-state index contributed by atoms with van der Waals surface area (Å²) in [6.45, 7) is 0. The van der Waals surface area contributed by atoms with Gasteiger partial charge < -0.3 is 60.5 Å². The van der Waals surface area contributed by atoms with Gasteiger partial charge in [0.2, 0.25) is 0 Å². The Balaban J connectivity index is -0.0000000249. The highest BCUT2D eigenvalue weighted by Crippen LogP contribution is 1.41. The minimum atomic E-state index is -2.17. The molecule has 114 valence electrons. The standard InChI is InChI=1S/3CH4O.3BH3O3/c3*1-2;3*2-1(3)4/h3*2H,1H3;3*2-4H. The van der Waals surface area contributed by atoms with E-state index in [9.17, 15) is 0 Å². The fourth-order valence-corrected chi connectivity index (χ4v) is 0. The van der Waals surface area contributed by atoms with Gasteiger partial charge in [-0.15, -0.1) is 0 Å². The van der Waals surface area contributed by atoms with Crippen LogP contribution in [0.15, 0.2) is 0 Å². The van der Waals surface area contributed by atoms with E-state index in [1.54, 1.807) is 0 Å². The van der Waals surface area contributed by atoms with Crippen molar-refractivity contribution in [3.8, 4) is 0 Å². The third-order valence-electron chi connectivity index (χ3n) is 0. The summed E-state index contributed by atoms with van der Waals surface area (Å²) in [7, 11) is -3.50. The fraction of sp³-hybridized carbons (Fsp3) is 1.00. The molecule has 0 rings (SSSR count). The molecule has 0 aromatic heterocycles. The van der Waals surface area contributed by atoms with Crippen LogP contribution in [0.25, 0.3) is 0 Å². The van der Waals surface area contributed by atoms with Crippen molar-refractivity contribution in [1.82, 2.24) is 0 Å². The molecule has 0 spiro atoms. The lowest BCUT2D eigenvalue weighted by Crippen LogP contribution is -2.07. The first-order valence-electron chi connectivity index (χ1n) is 3.67. The topological polar surface area (TPSA) is 243 Å². The lowest BCUT2D eigenvalue weighted by molar-refractivity contribution is 0.276. The molecule has 0 unspecified atom stereocenters. The summed E-state index contributed by atoms with van der Waals surface area (Å²) in [4.78, 5) is 0. The smallest absolute Gasteiger partial charge is 0.402 e. The normalized spacial score (nSPS) is 5.50. The molecule has 0 saturated carbocycles. The quantitative estimate of drug-likeness (QED) is 0.185.